The highest BCUT2D eigenvalue weighted by molar-refractivity contribution is 5.99. The number of nitrogens with zero attached hydrogens (tertiary/aromatic N) is 1. The van der Waals surface area contributed by atoms with E-state index in [1.807, 2.05) is 50.2 Å². The predicted octanol–water partition coefficient (Wildman–Crippen LogP) is 4.12. The zero-order valence-electron chi connectivity index (χ0n) is 16.2. The molecule has 140 valence electrons. The molecule has 0 aliphatic carbocycles. The summed E-state index contributed by atoms with van der Waals surface area (Å²) in [6.07, 6.45) is 0.875. The molecule has 0 spiro atoms. The minimum Gasteiger partial charge on any atom is -0.497 e. The van der Waals surface area contributed by atoms with E-state index in [-0.39, 0.29) is 5.78 Å². The lowest BCUT2D eigenvalue weighted by atomic mass is 10.1. The van der Waals surface area contributed by atoms with Crippen molar-refractivity contribution in [3.63, 3.8) is 0 Å². The second kappa shape index (κ2) is 8.69. The van der Waals surface area contributed by atoms with Crippen LogP contribution in [0.5, 0.6) is 5.75 Å². The predicted molar refractivity (Wildman–Crippen MR) is 109 cm³/mol. The van der Waals surface area contributed by atoms with Gasteiger partial charge in [0.25, 0.3) is 0 Å². The fourth-order valence-electron chi connectivity index (χ4n) is 3.34. The quantitative estimate of drug-likeness (QED) is 0.484. The van der Waals surface area contributed by atoms with Gasteiger partial charge in [-0.1, -0.05) is 30.3 Å². The Labute approximate surface area is 160 Å². The van der Waals surface area contributed by atoms with Gasteiger partial charge >= 0.3 is 0 Å². The molecule has 0 fully saturated rings. The van der Waals surface area contributed by atoms with Gasteiger partial charge in [0, 0.05) is 22.6 Å². The van der Waals surface area contributed by atoms with E-state index in [1.54, 1.807) is 7.11 Å². The van der Waals surface area contributed by atoms with Crippen molar-refractivity contribution in [2.24, 2.45) is 0 Å². The lowest BCUT2D eigenvalue weighted by Gasteiger charge is -2.10. The van der Waals surface area contributed by atoms with Crippen LogP contribution in [-0.2, 0) is 6.42 Å². The molecule has 1 N–H and O–H groups in total. The van der Waals surface area contributed by atoms with Crippen LogP contribution in [0.15, 0.2) is 60.7 Å². The van der Waals surface area contributed by atoms with Crippen LogP contribution in [0.3, 0.4) is 0 Å². The Morgan fingerprint density at radius 3 is 2.41 bits per heavy atom. The van der Waals surface area contributed by atoms with Gasteiger partial charge in [0.1, 0.15) is 5.75 Å². The first-order chi connectivity index (χ1) is 13.1. The Kier molecular flexibility index (Phi) is 6.09. The van der Waals surface area contributed by atoms with Gasteiger partial charge in [0.05, 0.1) is 13.7 Å². The van der Waals surface area contributed by atoms with E-state index in [4.69, 9.17) is 4.74 Å². The third-order valence-electron chi connectivity index (χ3n) is 4.78. The van der Waals surface area contributed by atoms with E-state index in [1.165, 1.54) is 5.56 Å². The van der Waals surface area contributed by atoms with Crippen molar-refractivity contribution in [3.05, 3.63) is 83.2 Å². The minimum absolute atomic E-state index is 0.125. The van der Waals surface area contributed by atoms with Crippen molar-refractivity contribution in [2.75, 3.05) is 20.2 Å². The standard InChI is InChI=1S/C23H26N2O2/c1-17-15-22(18(2)25(17)20-7-5-4-6-8-20)23(26)16-24-14-13-19-9-11-21(27-3)12-10-19/h4-12,15,24H,13-14,16H2,1-3H3. The Morgan fingerprint density at radius 1 is 1.04 bits per heavy atom. The fourth-order valence-corrected chi connectivity index (χ4v) is 3.34. The van der Waals surface area contributed by atoms with E-state index in [2.05, 4.69) is 34.1 Å². The number of carbonyl (C=O) groups excluding carboxylic acids is 1. The minimum atomic E-state index is 0.125. The normalized spacial score (nSPS) is 10.8. The molecule has 0 saturated heterocycles. The molecule has 0 aliphatic heterocycles. The van der Waals surface area contributed by atoms with Gasteiger partial charge in [-0.15, -0.1) is 0 Å². The van der Waals surface area contributed by atoms with Crippen molar-refractivity contribution < 1.29 is 9.53 Å². The zero-order valence-corrected chi connectivity index (χ0v) is 16.2. The third-order valence-corrected chi connectivity index (χ3v) is 4.78. The lowest BCUT2D eigenvalue weighted by Crippen LogP contribution is -2.25. The zero-order chi connectivity index (χ0) is 19.2. The van der Waals surface area contributed by atoms with Gasteiger partial charge in [0.2, 0.25) is 0 Å². The number of methoxy groups -OCH3 is 1. The second-order valence-electron chi connectivity index (χ2n) is 6.65. The highest BCUT2D eigenvalue weighted by atomic mass is 16.5. The summed E-state index contributed by atoms with van der Waals surface area (Å²) in [7, 11) is 1.66. The monoisotopic (exact) mass is 362 g/mol. The number of ketones is 1. The molecule has 1 aromatic heterocycles. The molecule has 4 heteroatoms. The number of aryl methyl sites for hydroxylation is 1. The Hall–Kier alpha value is -2.85. The van der Waals surface area contributed by atoms with Crippen LogP contribution < -0.4 is 10.1 Å². The summed E-state index contributed by atoms with van der Waals surface area (Å²) in [5.41, 5.74) is 5.14. The summed E-state index contributed by atoms with van der Waals surface area (Å²) in [6, 6.07) is 20.1. The van der Waals surface area contributed by atoms with Crippen molar-refractivity contribution in [1.82, 2.24) is 9.88 Å². The number of aromatic nitrogens is 1. The molecule has 0 amide bonds. The van der Waals surface area contributed by atoms with Gasteiger partial charge in [-0.3, -0.25) is 4.79 Å². The van der Waals surface area contributed by atoms with Crippen LogP contribution in [-0.4, -0.2) is 30.5 Å². The van der Waals surface area contributed by atoms with Gasteiger partial charge in [-0.25, -0.2) is 0 Å². The fraction of sp³-hybridized carbons (Fsp3) is 0.261. The summed E-state index contributed by atoms with van der Waals surface area (Å²) in [6.45, 7) is 5.14. The molecule has 0 saturated carbocycles. The van der Waals surface area contributed by atoms with E-state index in [0.717, 1.165) is 41.4 Å². The highest BCUT2D eigenvalue weighted by Gasteiger charge is 2.16. The van der Waals surface area contributed by atoms with Crippen LogP contribution in [0.2, 0.25) is 0 Å². The Balaban J connectivity index is 1.58. The molecule has 4 nitrogen and oxygen atoms in total. The van der Waals surface area contributed by atoms with Gasteiger partial charge in [-0.05, 0) is 62.7 Å². The van der Waals surface area contributed by atoms with Crippen molar-refractivity contribution >= 4 is 5.78 Å². The van der Waals surface area contributed by atoms with Crippen molar-refractivity contribution in [2.45, 2.75) is 20.3 Å². The number of hydrogen-bond donors (Lipinski definition) is 1. The summed E-state index contributed by atoms with van der Waals surface area (Å²) < 4.78 is 7.30. The van der Waals surface area contributed by atoms with Gasteiger partial charge in [-0.2, -0.15) is 0 Å². The lowest BCUT2D eigenvalue weighted by molar-refractivity contribution is 0.0991. The van der Waals surface area contributed by atoms with Crippen LogP contribution in [0.25, 0.3) is 5.69 Å². The maximum absolute atomic E-state index is 12.7. The molecule has 3 rings (SSSR count). The van der Waals surface area contributed by atoms with E-state index >= 15 is 0 Å². The van der Waals surface area contributed by atoms with Crippen molar-refractivity contribution in [1.29, 1.82) is 0 Å². The smallest absolute Gasteiger partial charge is 0.178 e. The summed E-state index contributed by atoms with van der Waals surface area (Å²) >= 11 is 0. The number of Topliss-reactive ketones (excluding diaryl/α,β-unsaturated/α-hetero) is 1. The van der Waals surface area contributed by atoms with Crippen LogP contribution >= 0.6 is 0 Å². The molecule has 0 unspecified atom stereocenters. The number of para-hydroxylation sites is 1. The number of ether oxygens (including phenoxy) is 1. The SMILES string of the molecule is COc1ccc(CCNCC(=O)c2cc(C)n(-c3ccccc3)c2C)cc1. The molecule has 0 bridgehead atoms. The number of hydrogen-bond acceptors (Lipinski definition) is 3. The molecule has 27 heavy (non-hydrogen) atoms. The molecular formula is C23H26N2O2. The van der Waals surface area contributed by atoms with E-state index in [0.29, 0.717) is 6.54 Å². The number of rotatable bonds is 8. The Morgan fingerprint density at radius 2 is 1.74 bits per heavy atom. The molecule has 1 heterocycles. The van der Waals surface area contributed by atoms with Crippen LogP contribution in [0.4, 0.5) is 0 Å². The van der Waals surface area contributed by atoms with Crippen LogP contribution in [0.1, 0.15) is 27.3 Å². The third kappa shape index (κ3) is 4.47. The first-order valence-electron chi connectivity index (χ1n) is 9.21. The average molecular weight is 362 g/mol. The second-order valence-corrected chi connectivity index (χ2v) is 6.65. The van der Waals surface area contributed by atoms with Gasteiger partial charge in [0.15, 0.2) is 5.78 Å². The number of nitrogens with one attached hydrogen (secondary N) is 1. The molecule has 0 aliphatic rings. The molecule has 0 atom stereocenters. The first kappa shape index (κ1) is 18.9. The van der Waals surface area contributed by atoms with E-state index in [9.17, 15) is 4.79 Å². The highest BCUT2D eigenvalue weighted by Crippen LogP contribution is 2.21. The molecule has 2 aromatic carbocycles. The summed E-state index contributed by atoms with van der Waals surface area (Å²) in [5.74, 6) is 0.982. The number of benzene rings is 2. The van der Waals surface area contributed by atoms with Crippen molar-refractivity contribution in [3.8, 4) is 11.4 Å². The Bertz CT molecular complexity index is 896. The maximum atomic E-state index is 12.7. The molecule has 0 radical (unpaired) electrons. The van der Waals surface area contributed by atoms with Gasteiger partial charge < -0.3 is 14.6 Å². The topological polar surface area (TPSA) is 43.3 Å². The van der Waals surface area contributed by atoms with Crippen LogP contribution in [0, 0.1) is 13.8 Å². The summed E-state index contributed by atoms with van der Waals surface area (Å²) in [4.78, 5) is 12.7. The average Bonchev–Trinajstić information content (AvgIpc) is 3.00. The summed E-state index contributed by atoms with van der Waals surface area (Å²) in [5, 5.41) is 3.27. The number of carbonyl (C=O) groups is 1. The molecule has 3 aromatic rings. The maximum Gasteiger partial charge on any atom is 0.178 e. The van der Waals surface area contributed by atoms with E-state index < -0.39 is 0 Å². The first-order valence-corrected chi connectivity index (χ1v) is 9.21. The largest absolute Gasteiger partial charge is 0.497 e. The molecular weight excluding hydrogens is 336 g/mol.